The van der Waals surface area contributed by atoms with E-state index in [-0.39, 0.29) is 5.97 Å². The van der Waals surface area contributed by atoms with Crippen LogP contribution in [0.2, 0.25) is 0 Å². The summed E-state index contributed by atoms with van der Waals surface area (Å²) in [5.74, 6) is 1.91. The molecule has 4 atom stereocenters. The number of methoxy groups -OCH3 is 2. The van der Waals surface area contributed by atoms with Gasteiger partial charge in [-0.3, -0.25) is 4.79 Å². The molecule has 2 aromatic carbocycles. The molecule has 0 unspecified atom stereocenters. The van der Waals surface area contributed by atoms with Crippen molar-refractivity contribution in [2.24, 2.45) is 11.8 Å². The van der Waals surface area contributed by atoms with Crippen molar-refractivity contribution in [3.8, 4) is 5.75 Å². The van der Waals surface area contributed by atoms with Crippen molar-refractivity contribution in [2.75, 3.05) is 14.2 Å². The van der Waals surface area contributed by atoms with E-state index in [0.717, 1.165) is 31.4 Å². The molecule has 0 heterocycles. The molecule has 30 heavy (non-hydrogen) atoms. The second-order valence-electron chi connectivity index (χ2n) is 8.51. The molecule has 0 spiro atoms. The quantitative estimate of drug-likeness (QED) is 0.569. The Bertz CT molecular complexity index is 775. The van der Waals surface area contributed by atoms with E-state index in [9.17, 15) is 4.79 Å². The van der Waals surface area contributed by atoms with Gasteiger partial charge in [0.05, 0.1) is 14.2 Å². The number of benzene rings is 2. The van der Waals surface area contributed by atoms with Gasteiger partial charge in [0, 0.05) is 18.5 Å². The van der Waals surface area contributed by atoms with Crippen molar-refractivity contribution in [2.45, 2.75) is 57.5 Å². The Balaban J connectivity index is 1.63. The van der Waals surface area contributed by atoms with Crippen LogP contribution in [-0.4, -0.2) is 26.2 Å². The van der Waals surface area contributed by atoms with Gasteiger partial charge in [-0.15, -0.1) is 0 Å². The standard InChI is InChI=1S/C26H35NO3/c1-19(22-7-5-4-6-8-22)27-25-15-11-21(18-23(25)12-16-26(28)30-3)17-20-9-13-24(29-2)14-10-20/h4-10,13-14,19,21,23,25,27H,11-12,15-18H2,1-3H3/t19-,21+,23+,25-/m1/s1. The molecule has 0 radical (unpaired) electrons. The smallest absolute Gasteiger partial charge is 0.305 e. The van der Waals surface area contributed by atoms with E-state index >= 15 is 0 Å². The zero-order chi connectivity index (χ0) is 21.3. The lowest BCUT2D eigenvalue weighted by atomic mass is 9.73. The molecule has 0 amide bonds. The molecule has 0 aliphatic heterocycles. The lowest BCUT2D eigenvalue weighted by molar-refractivity contribution is -0.141. The van der Waals surface area contributed by atoms with E-state index in [1.165, 1.54) is 24.7 Å². The van der Waals surface area contributed by atoms with Gasteiger partial charge in [0.1, 0.15) is 5.75 Å². The summed E-state index contributed by atoms with van der Waals surface area (Å²) >= 11 is 0. The van der Waals surface area contributed by atoms with Gasteiger partial charge >= 0.3 is 5.97 Å². The summed E-state index contributed by atoms with van der Waals surface area (Å²) in [7, 11) is 3.18. The van der Waals surface area contributed by atoms with Crippen LogP contribution in [0.5, 0.6) is 5.75 Å². The summed E-state index contributed by atoms with van der Waals surface area (Å²) in [6.07, 6.45) is 5.95. The largest absolute Gasteiger partial charge is 0.497 e. The maximum Gasteiger partial charge on any atom is 0.305 e. The average Bonchev–Trinajstić information content (AvgIpc) is 2.79. The van der Waals surface area contributed by atoms with E-state index in [4.69, 9.17) is 9.47 Å². The monoisotopic (exact) mass is 409 g/mol. The Morgan fingerprint density at radius 3 is 2.47 bits per heavy atom. The summed E-state index contributed by atoms with van der Waals surface area (Å²) in [6.45, 7) is 2.23. The Kier molecular flexibility index (Phi) is 8.32. The molecule has 0 bridgehead atoms. The van der Waals surface area contributed by atoms with Gasteiger partial charge in [-0.2, -0.15) is 0 Å². The highest BCUT2D eigenvalue weighted by Gasteiger charge is 2.31. The predicted molar refractivity (Wildman–Crippen MR) is 121 cm³/mol. The number of hydrogen-bond donors (Lipinski definition) is 1. The van der Waals surface area contributed by atoms with Crippen molar-refractivity contribution in [1.29, 1.82) is 0 Å². The number of carbonyl (C=O) groups is 1. The fourth-order valence-electron chi connectivity index (χ4n) is 4.74. The van der Waals surface area contributed by atoms with Gasteiger partial charge in [-0.05, 0) is 74.1 Å². The third-order valence-electron chi connectivity index (χ3n) is 6.49. The first-order valence-corrected chi connectivity index (χ1v) is 11.1. The number of rotatable bonds is 9. The van der Waals surface area contributed by atoms with Crippen LogP contribution < -0.4 is 10.1 Å². The Morgan fingerprint density at radius 1 is 1.07 bits per heavy atom. The van der Waals surface area contributed by atoms with E-state index < -0.39 is 0 Å². The molecule has 1 aliphatic carbocycles. The molecule has 1 saturated carbocycles. The average molecular weight is 410 g/mol. The van der Waals surface area contributed by atoms with Gasteiger partial charge in [0.2, 0.25) is 0 Å². The molecule has 3 rings (SSSR count). The second-order valence-corrected chi connectivity index (χ2v) is 8.51. The highest BCUT2D eigenvalue weighted by atomic mass is 16.5. The zero-order valence-electron chi connectivity index (χ0n) is 18.5. The SMILES string of the molecule is COC(=O)CC[C@H]1C[C@H](Cc2ccc(OC)cc2)CC[C@H]1N[C@H](C)c1ccccc1. The summed E-state index contributed by atoms with van der Waals surface area (Å²) in [6, 6.07) is 19.7. The predicted octanol–water partition coefficient (Wildman–Crippen LogP) is 5.33. The van der Waals surface area contributed by atoms with Crippen molar-refractivity contribution in [1.82, 2.24) is 5.32 Å². The zero-order valence-corrected chi connectivity index (χ0v) is 18.5. The molecule has 2 aromatic rings. The van der Waals surface area contributed by atoms with E-state index in [0.29, 0.717) is 30.3 Å². The molecule has 162 valence electrons. The fraction of sp³-hybridized carbons (Fsp3) is 0.500. The van der Waals surface area contributed by atoms with Gasteiger partial charge < -0.3 is 14.8 Å². The van der Waals surface area contributed by atoms with Crippen molar-refractivity contribution in [3.63, 3.8) is 0 Å². The number of ether oxygens (including phenoxy) is 2. The van der Waals surface area contributed by atoms with E-state index in [2.05, 4.69) is 54.7 Å². The highest BCUT2D eigenvalue weighted by molar-refractivity contribution is 5.69. The lowest BCUT2D eigenvalue weighted by Crippen LogP contribution is -2.42. The molecular formula is C26H35NO3. The topological polar surface area (TPSA) is 47.6 Å². The van der Waals surface area contributed by atoms with Crippen LogP contribution in [-0.2, 0) is 16.0 Å². The Labute approximate surface area is 181 Å². The van der Waals surface area contributed by atoms with Crippen LogP contribution in [0.1, 0.15) is 56.2 Å². The Hall–Kier alpha value is -2.33. The molecule has 0 saturated heterocycles. The van der Waals surface area contributed by atoms with Crippen LogP contribution in [0.4, 0.5) is 0 Å². The van der Waals surface area contributed by atoms with E-state index in [1.807, 2.05) is 12.1 Å². The van der Waals surface area contributed by atoms with Crippen LogP contribution in [0.15, 0.2) is 54.6 Å². The molecule has 1 N–H and O–H groups in total. The highest BCUT2D eigenvalue weighted by Crippen LogP contribution is 2.35. The fourth-order valence-corrected chi connectivity index (χ4v) is 4.74. The third kappa shape index (κ3) is 6.33. The first-order chi connectivity index (χ1) is 14.6. The van der Waals surface area contributed by atoms with Gasteiger partial charge in [0.25, 0.3) is 0 Å². The maximum absolute atomic E-state index is 11.8. The van der Waals surface area contributed by atoms with Crippen LogP contribution >= 0.6 is 0 Å². The van der Waals surface area contributed by atoms with Crippen molar-refractivity contribution in [3.05, 3.63) is 65.7 Å². The lowest BCUT2D eigenvalue weighted by Gasteiger charge is -2.38. The molecule has 1 aliphatic rings. The number of esters is 1. The normalized spacial score (nSPS) is 22.3. The molecule has 4 nitrogen and oxygen atoms in total. The van der Waals surface area contributed by atoms with Crippen LogP contribution in [0.25, 0.3) is 0 Å². The van der Waals surface area contributed by atoms with Gasteiger partial charge in [-0.25, -0.2) is 0 Å². The first-order valence-electron chi connectivity index (χ1n) is 11.1. The summed E-state index contributed by atoms with van der Waals surface area (Å²) in [5, 5.41) is 3.86. The minimum Gasteiger partial charge on any atom is -0.497 e. The van der Waals surface area contributed by atoms with Gasteiger partial charge in [0.15, 0.2) is 0 Å². The van der Waals surface area contributed by atoms with Crippen LogP contribution in [0.3, 0.4) is 0 Å². The number of hydrogen-bond acceptors (Lipinski definition) is 4. The minimum absolute atomic E-state index is 0.109. The number of carbonyl (C=O) groups excluding carboxylic acids is 1. The Morgan fingerprint density at radius 2 is 1.80 bits per heavy atom. The molecule has 0 aromatic heterocycles. The van der Waals surface area contributed by atoms with Crippen LogP contribution in [0, 0.1) is 11.8 Å². The first kappa shape index (κ1) is 22.4. The molecule has 1 fully saturated rings. The number of nitrogens with one attached hydrogen (secondary N) is 1. The van der Waals surface area contributed by atoms with Crippen molar-refractivity contribution >= 4 is 5.97 Å². The van der Waals surface area contributed by atoms with E-state index in [1.54, 1.807) is 7.11 Å². The third-order valence-corrected chi connectivity index (χ3v) is 6.49. The minimum atomic E-state index is -0.109. The molecule has 4 heteroatoms. The summed E-state index contributed by atoms with van der Waals surface area (Å²) < 4.78 is 10.2. The summed E-state index contributed by atoms with van der Waals surface area (Å²) in [4.78, 5) is 11.8. The molecular weight excluding hydrogens is 374 g/mol. The summed E-state index contributed by atoms with van der Waals surface area (Å²) in [5.41, 5.74) is 2.67. The van der Waals surface area contributed by atoms with Crippen molar-refractivity contribution < 1.29 is 14.3 Å². The maximum atomic E-state index is 11.8. The van der Waals surface area contributed by atoms with Gasteiger partial charge in [-0.1, -0.05) is 42.5 Å². The second kappa shape index (κ2) is 11.2.